The second-order valence-corrected chi connectivity index (χ2v) is 5.26. The van der Waals surface area contributed by atoms with Crippen molar-refractivity contribution < 1.29 is 4.39 Å². The molecule has 2 aromatic rings. The molecular weight excluding hydrogens is 298 g/mol. The Hall–Kier alpha value is -1.16. The molecule has 0 amide bonds. The van der Waals surface area contributed by atoms with Crippen LogP contribution in [0.2, 0.25) is 10.0 Å². The highest BCUT2D eigenvalue weighted by Crippen LogP contribution is 2.25. The van der Waals surface area contributed by atoms with Crippen LogP contribution in [0.5, 0.6) is 0 Å². The third kappa shape index (κ3) is 3.69. The lowest BCUT2D eigenvalue weighted by Crippen LogP contribution is -2.24. The molecule has 20 heavy (non-hydrogen) atoms. The maximum Gasteiger partial charge on any atom is 0.126 e. The largest absolute Gasteiger partial charge is 0.309 e. The zero-order valence-corrected chi connectivity index (χ0v) is 12.5. The van der Waals surface area contributed by atoms with Gasteiger partial charge in [-0.15, -0.1) is 0 Å². The van der Waals surface area contributed by atoms with Crippen LogP contribution in [-0.4, -0.2) is 11.5 Å². The fourth-order valence-electron chi connectivity index (χ4n) is 2.09. The molecule has 0 spiro atoms. The first-order valence-electron chi connectivity index (χ1n) is 6.39. The minimum absolute atomic E-state index is 0.151. The van der Waals surface area contributed by atoms with Gasteiger partial charge < -0.3 is 5.32 Å². The molecule has 1 aromatic heterocycles. The zero-order chi connectivity index (χ0) is 14.5. The summed E-state index contributed by atoms with van der Waals surface area (Å²) >= 11 is 12.1. The van der Waals surface area contributed by atoms with Crippen LogP contribution in [0.4, 0.5) is 4.39 Å². The van der Waals surface area contributed by atoms with Crippen molar-refractivity contribution in [3.05, 3.63) is 63.6 Å². The zero-order valence-electron chi connectivity index (χ0n) is 11.0. The third-order valence-corrected chi connectivity index (χ3v) is 3.55. The second kappa shape index (κ2) is 7.02. The van der Waals surface area contributed by atoms with Gasteiger partial charge in [0, 0.05) is 11.2 Å². The van der Waals surface area contributed by atoms with E-state index >= 15 is 0 Å². The Morgan fingerprint density at radius 1 is 1.30 bits per heavy atom. The Labute approximate surface area is 127 Å². The van der Waals surface area contributed by atoms with Crippen LogP contribution in [0, 0.1) is 5.82 Å². The Balaban J connectivity index is 2.30. The van der Waals surface area contributed by atoms with E-state index in [1.807, 2.05) is 6.92 Å². The van der Waals surface area contributed by atoms with Crippen LogP contribution in [0.1, 0.15) is 24.2 Å². The van der Waals surface area contributed by atoms with E-state index < -0.39 is 0 Å². The first-order valence-corrected chi connectivity index (χ1v) is 7.15. The van der Waals surface area contributed by atoms with Gasteiger partial charge in [0.2, 0.25) is 0 Å². The van der Waals surface area contributed by atoms with Gasteiger partial charge in [-0.2, -0.15) is 0 Å². The molecule has 0 aliphatic heterocycles. The van der Waals surface area contributed by atoms with E-state index in [2.05, 4.69) is 10.3 Å². The lowest BCUT2D eigenvalue weighted by molar-refractivity contribution is 0.518. The highest BCUT2D eigenvalue weighted by atomic mass is 35.5. The summed E-state index contributed by atoms with van der Waals surface area (Å²) < 4.78 is 13.8. The van der Waals surface area contributed by atoms with Crippen LogP contribution >= 0.6 is 23.2 Å². The number of pyridine rings is 1. The predicted octanol–water partition coefficient (Wildman–Crippen LogP) is 4.42. The molecule has 0 fully saturated rings. The van der Waals surface area contributed by atoms with Gasteiger partial charge in [0.05, 0.1) is 16.8 Å². The topological polar surface area (TPSA) is 24.9 Å². The van der Waals surface area contributed by atoms with Crippen LogP contribution in [-0.2, 0) is 6.42 Å². The molecule has 5 heteroatoms. The average Bonchev–Trinajstić information content (AvgIpc) is 2.43. The fraction of sp³-hybridized carbons (Fsp3) is 0.267. The molecule has 0 saturated carbocycles. The molecular formula is C15H15Cl2FN2. The van der Waals surface area contributed by atoms with Gasteiger partial charge in [-0.25, -0.2) is 4.39 Å². The maximum atomic E-state index is 13.8. The van der Waals surface area contributed by atoms with Crippen molar-refractivity contribution in [3.63, 3.8) is 0 Å². The predicted molar refractivity (Wildman–Crippen MR) is 80.8 cm³/mol. The number of halogens is 3. The van der Waals surface area contributed by atoms with Crippen LogP contribution in [0.25, 0.3) is 0 Å². The first kappa shape index (κ1) is 15.2. The fourth-order valence-corrected chi connectivity index (χ4v) is 2.53. The summed E-state index contributed by atoms with van der Waals surface area (Å²) in [5.41, 5.74) is 1.26. The maximum absolute atomic E-state index is 13.8. The Kier molecular flexibility index (Phi) is 5.35. The highest BCUT2D eigenvalue weighted by molar-refractivity contribution is 6.31. The number of nitrogens with zero attached hydrogens (tertiary/aromatic N) is 1. The second-order valence-electron chi connectivity index (χ2n) is 4.42. The number of hydrogen-bond acceptors (Lipinski definition) is 2. The Morgan fingerprint density at radius 2 is 2.10 bits per heavy atom. The molecule has 0 aliphatic rings. The quantitative estimate of drug-likeness (QED) is 0.884. The first-order chi connectivity index (χ1) is 9.61. The highest BCUT2D eigenvalue weighted by Gasteiger charge is 2.17. The summed E-state index contributed by atoms with van der Waals surface area (Å²) in [5.74, 6) is -0.274. The van der Waals surface area contributed by atoms with Crippen LogP contribution in [0.15, 0.2) is 36.5 Å². The summed E-state index contributed by atoms with van der Waals surface area (Å²) in [5, 5.41) is 4.37. The van der Waals surface area contributed by atoms with Crippen molar-refractivity contribution in [2.45, 2.75) is 19.4 Å². The number of hydrogen-bond donors (Lipinski definition) is 1. The summed E-state index contributed by atoms with van der Waals surface area (Å²) in [7, 11) is 0. The molecule has 2 rings (SSSR count). The molecule has 106 valence electrons. The minimum atomic E-state index is -0.274. The summed E-state index contributed by atoms with van der Waals surface area (Å²) in [6.45, 7) is 2.72. The summed E-state index contributed by atoms with van der Waals surface area (Å²) in [6, 6.07) is 7.95. The van der Waals surface area contributed by atoms with E-state index in [4.69, 9.17) is 23.2 Å². The molecule has 0 radical (unpaired) electrons. The molecule has 1 N–H and O–H groups in total. The third-order valence-electron chi connectivity index (χ3n) is 3.00. The monoisotopic (exact) mass is 312 g/mol. The molecule has 0 bridgehead atoms. The van der Waals surface area contributed by atoms with Gasteiger partial charge in [-0.1, -0.05) is 30.1 Å². The summed E-state index contributed by atoms with van der Waals surface area (Å²) in [4.78, 5) is 4.30. The van der Waals surface area contributed by atoms with Crippen molar-refractivity contribution in [2.75, 3.05) is 6.54 Å². The van der Waals surface area contributed by atoms with Gasteiger partial charge in [0.25, 0.3) is 0 Å². The van der Waals surface area contributed by atoms with Crippen molar-refractivity contribution in [3.8, 4) is 0 Å². The van der Waals surface area contributed by atoms with Gasteiger partial charge >= 0.3 is 0 Å². The van der Waals surface area contributed by atoms with E-state index in [0.717, 1.165) is 12.2 Å². The van der Waals surface area contributed by atoms with Gasteiger partial charge in [-0.05, 0) is 48.9 Å². The number of likely N-dealkylation sites (N-methyl/N-ethyl adjacent to an activating group) is 1. The standard InChI is InChI=1S/C15H15Cl2FN2/c1-2-19-14(15-12(17)4-3-7-20-15)9-10-8-11(16)5-6-13(10)18/h3-8,14,19H,2,9H2,1H3. The van der Waals surface area contributed by atoms with Crippen LogP contribution < -0.4 is 5.32 Å². The summed E-state index contributed by atoms with van der Waals surface area (Å²) in [6.07, 6.45) is 2.12. The number of benzene rings is 1. The molecule has 1 unspecified atom stereocenters. The van der Waals surface area contributed by atoms with E-state index in [1.54, 1.807) is 24.4 Å². The lowest BCUT2D eigenvalue weighted by Gasteiger charge is -2.19. The van der Waals surface area contributed by atoms with Crippen molar-refractivity contribution >= 4 is 23.2 Å². The average molecular weight is 313 g/mol. The molecule has 0 aliphatic carbocycles. The number of rotatable bonds is 5. The van der Waals surface area contributed by atoms with Gasteiger partial charge in [0.15, 0.2) is 0 Å². The van der Waals surface area contributed by atoms with Gasteiger partial charge in [0.1, 0.15) is 5.82 Å². The smallest absolute Gasteiger partial charge is 0.126 e. The number of nitrogens with one attached hydrogen (secondary N) is 1. The molecule has 1 atom stereocenters. The van der Waals surface area contributed by atoms with E-state index in [9.17, 15) is 4.39 Å². The van der Waals surface area contributed by atoms with Crippen LogP contribution in [0.3, 0.4) is 0 Å². The Bertz CT molecular complexity index is 590. The molecule has 0 saturated heterocycles. The lowest BCUT2D eigenvalue weighted by atomic mass is 10.0. The van der Waals surface area contributed by atoms with Crippen molar-refractivity contribution in [1.82, 2.24) is 10.3 Å². The van der Waals surface area contributed by atoms with E-state index in [1.165, 1.54) is 12.1 Å². The van der Waals surface area contributed by atoms with E-state index in [0.29, 0.717) is 22.0 Å². The molecule has 1 heterocycles. The number of aromatic nitrogens is 1. The molecule has 1 aromatic carbocycles. The normalized spacial score (nSPS) is 12.4. The Morgan fingerprint density at radius 3 is 2.80 bits per heavy atom. The SMILES string of the molecule is CCNC(Cc1cc(Cl)ccc1F)c1ncccc1Cl. The van der Waals surface area contributed by atoms with E-state index in [-0.39, 0.29) is 11.9 Å². The van der Waals surface area contributed by atoms with Crippen molar-refractivity contribution in [2.24, 2.45) is 0 Å². The minimum Gasteiger partial charge on any atom is -0.309 e. The molecule has 2 nitrogen and oxygen atoms in total. The van der Waals surface area contributed by atoms with Crippen molar-refractivity contribution in [1.29, 1.82) is 0 Å². The van der Waals surface area contributed by atoms with Gasteiger partial charge in [-0.3, -0.25) is 4.98 Å².